The molecular weight excluding hydrogens is 240 g/mol. The second-order valence-electron chi connectivity index (χ2n) is 3.45. The summed E-state index contributed by atoms with van der Waals surface area (Å²) in [4.78, 5) is 1.16. The van der Waals surface area contributed by atoms with E-state index in [2.05, 4.69) is 13.0 Å². The molecule has 100 valence electrons. The highest BCUT2D eigenvalue weighted by molar-refractivity contribution is 7.13. The largest absolute Gasteiger partial charge is 0.507 e. The molecule has 0 atom stereocenters. The van der Waals surface area contributed by atoms with E-state index >= 15 is 0 Å². The quantitative estimate of drug-likeness (QED) is 0.691. The molecule has 2 rings (SSSR count). The summed E-state index contributed by atoms with van der Waals surface area (Å²) in [6.45, 7) is 12.1. The van der Waals surface area contributed by atoms with Crippen molar-refractivity contribution in [1.29, 1.82) is 0 Å². The number of hydrogen-bond donors (Lipinski definition) is 1. The van der Waals surface area contributed by atoms with Gasteiger partial charge in [-0.25, -0.2) is 0 Å². The Hall–Kier alpha value is -1.28. The molecule has 0 fully saturated rings. The summed E-state index contributed by atoms with van der Waals surface area (Å²) < 4.78 is 0. The van der Waals surface area contributed by atoms with E-state index in [4.69, 9.17) is 0 Å². The second kappa shape index (κ2) is 8.76. The van der Waals surface area contributed by atoms with Crippen molar-refractivity contribution in [3.05, 3.63) is 40.8 Å². The van der Waals surface area contributed by atoms with Crippen molar-refractivity contribution in [1.82, 2.24) is 0 Å². The SMILES string of the molecule is CC.CC.Cc1ccc(O)c(-c2sccc2C)c1. The third kappa shape index (κ3) is 4.19. The van der Waals surface area contributed by atoms with Crippen LogP contribution >= 0.6 is 11.3 Å². The molecular formula is C16H24OS. The molecule has 0 aliphatic carbocycles. The lowest BCUT2D eigenvalue weighted by Gasteiger charge is -2.04. The van der Waals surface area contributed by atoms with Crippen LogP contribution in [0.15, 0.2) is 29.6 Å². The lowest BCUT2D eigenvalue weighted by Crippen LogP contribution is -1.79. The number of aromatic hydroxyl groups is 1. The van der Waals surface area contributed by atoms with Crippen LogP contribution in [0.3, 0.4) is 0 Å². The van der Waals surface area contributed by atoms with Gasteiger partial charge in [-0.3, -0.25) is 0 Å². The van der Waals surface area contributed by atoms with Crippen molar-refractivity contribution in [3.63, 3.8) is 0 Å². The zero-order chi connectivity index (χ0) is 14.1. The van der Waals surface area contributed by atoms with E-state index in [1.807, 2.05) is 52.1 Å². The van der Waals surface area contributed by atoms with Crippen LogP contribution in [-0.2, 0) is 0 Å². The first-order valence-corrected chi connectivity index (χ1v) is 7.40. The molecule has 0 unspecified atom stereocenters. The number of hydrogen-bond acceptors (Lipinski definition) is 2. The first-order chi connectivity index (χ1) is 8.68. The van der Waals surface area contributed by atoms with Crippen LogP contribution in [0.25, 0.3) is 10.4 Å². The number of aryl methyl sites for hydroxylation is 2. The minimum atomic E-state index is 0.362. The summed E-state index contributed by atoms with van der Waals surface area (Å²) in [5.74, 6) is 0.362. The van der Waals surface area contributed by atoms with Crippen LogP contribution in [-0.4, -0.2) is 5.11 Å². The molecule has 0 saturated carbocycles. The number of phenols is 1. The highest BCUT2D eigenvalue weighted by atomic mass is 32.1. The molecule has 0 saturated heterocycles. The van der Waals surface area contributed by atoms with E-state index in [-0.39, 0.29) is 0 Å². The summed E-state index contributed by atoms with van der Waals surface area (Å²) in [5.41, 5.74) is 3.33. The van der Waals surface area contributed by atoms with Crippen molar-refractivity contribution in [2.75, 3.05) is 0 Å². The maximum atomic E-state index is 9.74. The van der Waals surface area contributed by atoms with Crippen LogP contribution in [0.1, 0.15) is 38.8 Å². The average molecular weight is 264 g/mol. The lowest BCUT2D eigenvalue weighted by atomic mass is 10.1. The molecule has 18 heavy (non-hydrogen) atoms. The zero-order valence-electron chi connectivity index (χ0n) is 12.2. The van der Waals surface area contributed by atoms with Crippen molar-refractivity contribution >= 4 is 11.3 Å². The highest BCUT2D eigenvalue weighted by Crippen LogP contribution is 2.35. The zero-order valence-corrected chi connectivity index (χ0v) is 13.1. The Bertz CT molecular complexity index is 458. The molecule has 1 heterocycles. The first-order valence-electron chi connectivity index (χ1n) is 6.52. The molecule has 2 aromatic rings. The Balaban J connectivity index is 0.000000659. The standard InChI is InChI=1S/C12H12OS.2C2H6/c1-8-3-4-11(13)10(7-8)12-9(2)5-6-14-12;2*1-2/h3-7,13H,1-2H3;2*1-2H3. The second-order valence-corrected chi connectivity index (χ2v) is 4.37. The van der Waals surface area contributed by atoms with E-state index in [1.165, 1.54) is 11.1 Å². The number of phenolic OH excluding ortho intramolecular Hbond substituents is 1. The van der Waals surface area contributed by atoms with Gasteiger partial charge in [0.05, 0.1) is 0 Å². The van der Waals surface area contributed by atoms with Gasteiger partial charge >= 0.3 is 0 Å². The summed E-state index contributed by atoms with van der Waals surface area (Å²) in [5, 5.41) is 11.8. The molecule has 2 heteroatoms. The number of rotatable bonds is 1. The van der Waals surface area contributed by atoms with E-state index in [0.717, 1.165) is 10.4 Å². The van der Waals surface area contributed by atoms with E-state index < -0.39 is 0 Å². The van der Waals surface area contributed by atoms with Crippen LogP contribution in [0.5, 0.6) is 5.75 Å². The molecule has 1 nitrogen and oxygen atoms in total. The van der Waals surface area contributed by atoms with E-state index in [9.17, 15) is 5.11 Å². The molecule has 0 aliphatic heterocycles. The topological polar surface area (TPSA) is 20.2 Å². The smallest absolute Gasteiger partial charge is 0.124 e. The van der Waals surface area contributed by atoms with Gasteiger partial charge in [0.25, 0.3) is 0 Å². The normalized spacial score (nSPS) is 8.78. The molecule has 1 aromatic carbocycles. The maximum Gasteiger partial charge on any atom is 0.124 e. The monoisotopic (exact) mass is 264 g/mol. The number of benzene rings is 1. The third-order valence-corrected chi connectivity index (χ3v) is 3.31. The van der Waals surface area contributed by atoms with Crippen molar-refractivity contribution in [2.24, 2.45) is 0 Å². The summed E-state index contributed by atoms with van der Waals surface area (Å²) in [6.07, 6.45) is 0. The predicted molar refractivity (Wildman–Crippen MR) is 83.6 cm³/mol. The number of thiophene rings is 1. The minimum Gasteiger partial charge on any atom is -0.507 e. The van der Waals surface area contributed by atoms with Crippen molar-refractivity contribution in [3.8, 4) is 16.2 Å². The summed E-state index contributed by atoms with van der Waals surface area (Å²) >= 11 is 1.67. The van der Waals surface area contributed by atoms with Crippen LogP contribution in [0, 0.1) is 13.8 Å². The maximum absolute atomic E-state index is 9.74. The molecule has 0 spiro atoms. The fourth-order valence-electron chi connectivity index (χ4n) is 1.48. The van der Waals surface area contributed by atoms with Gasteiger partial charge in [0.2, 0.25) is 0 Å². The third-order valence-electron chi connectivity index (χ3n) is 2.26. The minimum absolute atomic E-state index is 0.362. The lowest BCUT2D eigenvalue weighted by molar-refractivity contribution is 0.477. The Labute approximate surface area is 115 Å². The van der Waals surface area contributed by atoms with Gasteiger partial charge in [0.15, 0.2) is 0 Å². The van der Waals surface area contributed by atoms with Crippen LogP contribution < -0.4 is 0 Å². The Morgan fingerprint density at radius 2 is 1.56 bits per heavy atom. The van der Waals surface area contributed by atoms with Crippen molar-refractivity contribution < 1.29 is 5.11 Å². The van der Waals surface area contributed by atoms with Gasteiger partial charge < -0.3 is 5.11 Å². The summed E-state index contributed by atoms with van der Waals surface area (Å²) in [7, 11) is 0. The molecule has 0 aliphatic rings. The van der Waals surface area contributed by atoms with Crippen molar-refractivity contribution in [2.45, 2.75) is 41.5 Å². The van der Waals surface area contributed by atoms with Gasteiger partial charge in [0.1, 0.15) is 5.75 Å². The Morgan fingerprint density at radius 1 is 0.944 bits per heavy atom. The summed E-state index contributed by atoms with van der Waals surface area (Å²) in [6, 6.07) is 7.77. The molecule has 1 aromatic heterocycles. The van der Waals surface area contributed by atoms with Crippen LogP contribution in [0.4, 0.5) is 0 Å². The van der Waals surface area contributed by atoms with E-state index in [1.54, 1.807) is 17.4 Å². The average Bonchev–Trinajstić information content (AvgIpc) is 2.83. The molecule has 0 radical (unpaired) electrons. The van der Waals surface area contributed by atoms with Gasteiger partial charge in [-0.1, -0.05) is 39.3 Å². The van der Waals surface area contributed by atoms with Gasteiger partial charge in [-0.05, 0) is 43.0 Å². The predicted octanol–water partition coefficient (Wildman–Crippen LogP) is 5.79. The van der Waals surface area contributed by atoms with Gasteiger partial charge in [-0.2, -0.15) is 0 Å². The highest BCUT2D eigenvalue weighted by Gasteiger charge is 2.07. The Kier molecular flexibility index (Phi) is 8.14. The molecule has 0 bridgehead atoms. The fraction of sp³-hybridized carbons (Fsp3) is 0.375. The first kappa shape index (κ1) is 16.7. The van der Waals surface area contributed by atoms with Gasteiger partial charge in [0, 0.05) is 10.4 Å². The molecule has 0 amide bonds. The Morgan fingerprint density at radius 3 is 2.06 bits per heavy atom. The van der Waals surface area contributed by atoms with E-state index in [0.29, 0.717) is 5.75 Å². The molecule has 1 N–H and O–H groups in total. The van der Waals surface area contributed by atoms with Gasteiger partial charge in [-0.15, -0.1) is 11.3 Å². The van der Waals surface area contributed by atoms with Crippen LogP contribution in [0.2, 0.25) is 0 Å². The fourth-order valence-corrected chi connectivity index (χ4v) is 2.43.